The SMILES string of the molecule is CCNC(=NCc1coc(-c2ccc(C)cc2)n1)NCCSC.I. The fourth-order valence-electron chi connectivity index (χ4n) is 1.98. The molecule has 1 aromatic carbocycles. The number of halogens is 1. The number of aliphatic imine (C=N–C) groups is 1. The highest BCUT2D eigenvalue weighted by Gasteiger charge is 2.06. The highest BCUT2D eigenvalue weighted by Crippen LogP contribution is 2.19. The van der Waals surface area contributed by atoms with E-state index in [2.05, 4.69) is 52.8 Å². The third kappa shape index (κ3) is 6.72. The first-order valence-corrected chi connectivity index (χ1v) is 9.15. The largest absolute Gasteiger partial charge is 0.444 e. The van der Waals surface area contributed by atoms with Gasteiger partial charge in [-0.15, -0.1) is 24.0 Å². The van der Waals surface area contributed by atoms with Crippen LogP contribution in [0.1, 0.15) is 18.2 Å². The maximum Gasteiger partial charge on any atom is 0.226 e. The van der Waals surface area contributed by atoms with Crippen molar-refractivity contribution < 1.29 is 4.42 Å². The third-order valence-corrected chi connectivity index (χ3v) is 3.80. The zero-order valence-corrected chi connectivity index (χ0v) is 17.5. The van der Waals surface area contributed by atoms with E-state index in [0.717, 1.165) is 36.1 Å². The zero-order valence-electron chi connectivity index (χ0n) is 14.3. The zero-order chi connectivity index (χ0) is 16.5. The van der Waals surface area contributed by atoms with Gasteiger partial charge in [0.05, 0.1) is 6.54 Å². The van der Waals surface area contributed by atoms with E-state index >= 15 is 0 Å². The molecule has 132 valence electrons. The number of hydrogen-bond donors (Lipinski definition) is 2. The van der Waals surface area contributed by atoms with E-state index in [1.54, 1.807) is 18.0 Å². The molecule has 0 atom stereocenters. The summed E-state index contributed by atoms with van der Waals surface area (Å²) < 4.78 is 5.56. The molecule has 0 aliphatic heterocycles. The standard InChI is InChI=1S/C17H24N4OS.HI/c1-4-18-17(19-9-10-23-3)20-11-15-12-22-16(21-15)14-7-5-13(2)6-8-14;/h5-8,12H,4,9-11H2,1-3H3,(H2,18,19,20);1H. The van der Waals surface area contributed by atoms with Crippen LogP contribution in [0.3, 0.4) is 0 Å². The second-order valence-corrected chi connectivity index (χ2v) is 6.11. The average Bonchev–Trinajstić information content (AvgIpc) is 3.02. The molecule has 2 rings (SSSR count). The minimum absolute atomic E-state index is 0. The molecule has 24 heavy (non-hydrogen) atoms. The summed E-state index contributed by atoms with van der Waals surface area (Å²) in [6, 6.07) is 8.14. The molecule has 0 radical (unpaired) electrons. The first-order chi connectivity index (χ1) is 11.2. The van der Waals surface area contributed by atoms with Crippen molar-refractivity contribution in [3.63, 3.8) is 0 Å². The highest BCUT2D eigenvalue weighted by molar-refractivity contribution is 14.0. The minimum atomic E-state index is 0. The molecule has 0 bridgehead atoms. The number of hydrogen-bond acceptors (Lipinski definition) is 4. The number of oxazole rings is 1. The van der Waals surface area contributed by atoms with Gasteiger partial charge in [-0.2, -0.15) is 11.8 Å². The molecule has 1 heterocycles. The van der Waals surface area contributed by atoms with Gasteiger partial charge in [0.1, 0.15) is 12.0 Å². The smallest absolute Gasteiger partial charge is 0.226 e. The van der Waals surface area contributed by atoms with Crippen molar-refractivity contribution in [1.29, 1.82) is 0 Å². The van der Waals surface area contributed by atoms with Gasteiger partial charge in [-0.1, -0.05) is 17.7 Å². The molecule has 0 spiro atoms. The van der Waals surface area contributed by atoms with Crippen LogP contribution in [-0.2, 0) is 6.54 Å². The second-order valence-electron chi connectivity index (χ2n) is 5.12. The van der Waals surface area contributed by atoms with E-state index in [0.29, 0.717) is 12.4 Å². The Morgan fingerprint density at radius 2 is 2.00 bits per heavy atom. The van der Waals surface area contributed by atoms with Crippen molar-refractivity contribution in [1.82, 2.24) is 15.6 Å². The predicted molar refractivity (Wildman–Crippen MR) is 113 cm³/mol. The van der Waals surface area contributed by atoms with E-state index in [-0.39, 0.29) is 24.0 Å². The Morgan fingerprint density at radius 1 is 1.25 bits per heavy atom. The number of thioether (sulfide) groups is 1. The lowest BCUT2D eigenvalue weighted by molar-refractivity contribution is 0.572. The first kappa shape index (κ1) is 20.8. The fraction of sp³-hybridized carbons (Fsp3) is 0.412. The summed E-state index contributed by atoms with van der Waals surface area (Å²) >= 11 is 1.81. The third-order valence-electron chi connectivity index (χ3n) is 3.19. The molecule has 0 aliphatic rings. The molecule has 1 aromatic heterocycles. The molecule has 0 fully saturated rings. The monoisotopic (exact) mass is 460 g/mol. The lowest BCUT2D eigenvalue weighted by atomic mass is 10.1. The van der Waals surface area contributed by atoms with Crippen molar-refractivity contribution in [3.05, 3.63) is 41.8 Å². The number of aromatic nitrogens is 1. The van der Waals surface area contributed by atoms with Crippen molar-refractivity contribution >= 4 is 41.7 Å². The Morgan fingerprint density at radius 3 is 2.67 bits per heavy atom. The van der Waals surface area contributed by atoms with Gasteiger partial charge in [0.2, 0.25) is 5.89 Å². The van der Waals surface area contributed by atoms with Crippen LogP contribution in [0.25, 0.3) is 11.5 Å². The summed E-state index contributed by atoms with van der Waals surface area (Å²) in [5.74, 6) is 2.49. The molecule has 0 saturated heterocycles. The van der Waals surface area contributed by atoms with Crippen LogP contribution in [0.5, 0.6) is 0 Å². The van der Waals surface area contributed by atoms with Crippen LogP contribution in [0.4, 0.5) is 0 Å². The van der Waals surface area contributed by atoms with Gasteiger partial charge in [-0.25, -0.2) is 9.98 Å². The predicted octanol–water partition coefficient (Wildman–Crippen LogP) is 3.69. The molecule has 7 heteroatoms. The van der Waals surface area contributed by atoms with Gasteiger partial charge < -0.3 is 15.1 Å². The summed E-state index contributed by atoms with van der Waals surface area (Å²) in [6.07, 6.45) is 3.76. The molecule has 2 aromatic rings. The summed E-state index contributed by atoms with van der Waals surface area (Å²) in [6.45, 7) is 6.33. The Labute approximate surface area is 165 Å². The molecule has 0 unspecified atom stereocenters. The van der Waals surface area contributed by atoms with Crippen LogP contribution >= 0.6 is 35.7 Å². The Kier molecular flexibility index (Phi) is 9.85. The number of aryl methyl sites for hydroxylation is 1. The Hall–Kier alpha value is -1.22. The normalized spacial score (nSPS) is 11.0. The lowest BCUT2D eigenvalue weighted by Gasteiger charge is -2.09. The van der Waals surface area contributed by atoms with Gasteiger partial charge >= 0.3 is 0 Å². The fourth-order valence-corrected chi connectivity index (χ4v) is 2.29. The first-order valence-electron chi connectivity index (χ1n) is 7.75. The molecular formula is C17H25IN4OS. The number of nitrogens with one attached hydrogen (secondary N) is 2. The molecule has 0 amide bonds. The molecule has 0 saturated carbocycles. The van der Waals surface area contributed by atoms with Crippen LogP contribution in [0.2, 0.25) is 0 Å². The quantitative estimate of drug-likeness (QED) is 0.286. The highest BCUT2D eigenvalue weighted by atomic mass is 127. The number of nitrogens with zero attached hydrogens (tertiary/aromatic N) is 2. The average molecular weight is 460 g/mol. The minimum Gasteiger partial charge on any atom is -0.444 e. The summed E-state index contributed by atoms with van der Waals surface area (Å²) in [5, 5.41) is 6.52. The van der Waals surface area contributed by atoms with Gasteiger partial charge in [0.15, 0.2) is 5.96 Å². The van der Waals surface area contributed by atoms with E-state index in [1.807, 2.05) is 12.1 Å². The van der Waals surface area contributed by atoms with E-state index in [9.17, 15) is 0 Å². The number of benzene rings is 1. The van der Waals surface area contributed by atoms with E-state index in [4.69, 9.17) is 4.42 Å². The lowest BCUT2D eigenvalue weighted by Crippen LogP contribution is -2.38. The number of guanidine groups is 1. The molecular weight excluding hydrogens is 435 g/mol. The molecule has 2 N–H and O–H groups in total. The Bertz CT molecular complexity index is 628. The molecule has 0 aliphatic carbocycles. The van der Waals surface area contributed by atoms with Gasteiger partial charge in [0.25, 0.3) is 0 Å². The Balaban J connectivity index is 0.00000288. The van der Waals surface area contributed by atoms with Crippen LogP contribution < -0.4 is 10.6 Å². The summed E-state index contributed by atoms with van der Waals surface area (Å²) in [7, 11) is 0. The van der Waals surface area contributed by atoms with Crippen molar-refractivity contribution in [2.75, 3.05) is 25.1 Å². The molecule has 5 nitrogen and oxygen atoms in total. The maximum absolute atomic E-state index is 5.56. The van der Waals surface area contributed by atoms with Crippen molar-refractivity contribution in [3.8, 4) is 11.5 Å². The van der Waals surface area contributed by atoms with Gasteiger partial charge in [-0.05, 0) is 32.2 Å². The van der Waals surface area contributed by atoms with Gasteiger partial charge in [0, 0.05) is 24.4 Å². The number of rotatable bonds is 7. The van der Waals surface area contributed by atoms with Crippen LogP contribution in [0, 0.1) is 6.92 Å². The van der Waals surface area contributed by atoms with Crippen molar-refractivity contribution in [2.24, 2.45) is 4.99 Å². The second kappa shape index (κ2) is 11.4. The van der Waals surface area contributed by atoms with E-state index in [1.165, 1.54) is 5.56 Å². The maximum atomic E-state index is 5.56. The van der Waals surface area contributed by atoms with Crippen LogP contribution in [0.15, 0.2) is 39.9 Å². The van der Waals surface area contributed by atoms with Crippen molar-refractivity contribution in [2.45, 2.75) is 20.4 Å². The topological polar surface area (TPSA) is 62.5 Å². The van der Waals surface area contributed by atoms with Gasteiger partial charge in [-0.3, -0.25) is 0 Å². The summed E-state index contributed by atoms with van der Waals surface area (Å²) in [5.41, 5.74) is 3.02. The van der Waals surface area contributed by atoms with E-state index < -0.39 is 0 Å². The summed E-state index contributed by atoms with van der Waals surface area (Å²) in [4.78, 5) is 9.04. The van der Waals surface area contributed by atoms with Crippen LogP contribution in [-0.4, -0.2) is 36.0 Å².